The molecule has 1 heterocycles. The van der Waals surface area contributed by atoms with Crippen molar-refractivity contribution in [2.24, 2.45) is 10.9 Å². The van der Waals surface area contributed by atoms with Gasteiger partial charge in [0.25, 0.3) is 0 Å². The molecule has 1 atom stereocenters. The van der Waals surface area contributed by atoms with Crippen LogP contribution in [0.3, 0.4) is 0 Å². The first-order chi connectivity index (χ1) is 9.20. The number of carboxylic acids is 1. The van der Waals surface area contributed by atoms with Gasteiger partial charge in [-0.2, -0.15) is 0 Å². The van der Waals surface area contributed by atoms with Gasteiger partial charge in [0.1, 0.15) is 5.92 Å². The normalized spacial score (nSPS) is 20.3. The van der Waals surface area contributed by atoms with Gasteiger partial charge in [0.2, 0.25) is 0 Å². The fraction of sp³-hybridized carbons (Fsp3) is 0.214. The summed E-state index contributed by atoms with van der Waals surface area (Å²) in [5.74, 6) is -1.44. The van der Waals surface area contributed by atoms with E-state index in [-0.39, 0.29) is 0 Å². The van der Waals surface area contributed by atoms with Crippen LogP contribution in [0.1, 0.15) is 23.2 Å². The van der Waals surface area contributed by atoms with Crippen LogP contribution in [0.4, 0.5) is 11.4 Å². The molecule has 1 aliphatic heterocycles. The number of anilines is 1. The molecule has 0 saturated heterocycles. The van der Waals surface area contributed by atoms with Gasteiger partial charge < -0.3 is 10.4 Å². The summed E-state index contributed by atoms with van der Waals surface area (Å²) in [6.45, 7) is 0. The monoisotopic (exact) mass is 256 g/mol. The number of benzene rings is 1. The molecule has 2 aliphatic rings. The second kappa shape index (κ2) is 4.35. The summed E-state index contributed by atoms with van der Waals surface area (Å²) < 4.78 is 0. The topological polar surface area (TPSA) is 78.8 Å². The summed E-state index contributed by atoms with van der Waals surface area (Å²) in [5.41, 5.74) is 3.05. The van der Waals surface area contributed by atoms with E-state index < -0.39 is 11.9 Å². The van der Waals surface area contributed by atoms with Crippen LogP contribution in [0.25, 0.3) is 0 Å². The molecule has 0 fully saturated rings. The molecule has 1 aliphatic carbocycles. The number of aliphatic carboxylic acids is 1. The first-order valence-electron chi connectivity index (χ1n) is 6.08. The van der Waals surface area contributed by atoms with Crippen LogP contribution in [0.5, 0.6) is 0 Å². The second-order valence-corrected chi connectivity index (χ2v) is 4.57. The van der Waals surface area contributed by atoms with Gasteiger partial charge in [-0.1, -0.05) is 12.1 Å². The number of fused-ring (bicyclic) bond motifs is 2. The van der Waals surface area contributed by atoms with E-state index >= 15 is 0 Å². The summed E-state index contributed by atoms with van der Waals surface area (Å²) in [6, 6.07) is 5.21. The summed E-state index contributed by atoms with van der Waals surface area (Å²) in [5, 5.41) is 12.4. The van der Waals surface area contributed by atoms with Crippen LogP contribution in [0, 0.1) is 5.92 Å². The van der Waals surface area contributed by atoms with Gasteiger partial charge in [0.05, 0.1) is 22.8 Å². The molecule has 19 heavy (non-hydrogen) atoms. The fourth-order valence-electron chi connectivity index (χ4n) is 2.47. The number of nitrogens with one attached hydrogen (secondary N) is 1. The minimum atomic E-state index is -0.860. The highest BCUT2D eigenvalue weighted by Gasteiger charge is 2.32. The van der Waals surface area contributed by atoms with Crippen molar-refractivity contribution in [1.29, 1.82) is 0 Å². The number of rotatable bonds is 2. The van der Waals surface area contributed by atoms with Crippen molar-refractivity contribution in [2.45, 2.75) is 12.8 Å². The molecule has 1 unspecified atom stereocenters. The molecule has 5 heteroatoms. The predicted octanol–water partition coefficient (Wildman–Crippen LogP) is 2.38. The standard InChI is InChI=1S/C14H12N2O3/c17-7-8-3-1-5-10-12(8)15-11-6-2-4-9(14(18)19)13(11)16-10/h1,3,5-7,9,15H,2,4H2,(H,18,19). The van der Waals surface area contributed by atoms with Crippen molar-refractivity contribution in [2.75, 3.05) is 5.32 Å². The molecular formula is C14H12N2O3. The molecule has 96 valence electrons. The Kier molecular flexibility index (Phi) is 2.67. The van der Waals surface area contributed by atoms with E-state index in [9.17, 15) is 14.7 Å². The number of carboxylic acid groups (broad SMARTS) is 1. The molecule has 0 saturated carbocycles. The Morgan fingerprint density at radius 1 is 1.47 bits per heavy atom. The number of carbonyl (C=O) groups excluding carboxylic acids is 1. The second-order valence-electron chi connectivity index (χ2n) is 4.57. The van der Waals surface area contributed by atoms with E-state index in [1.54, 1.807) is 18.2 Å². The minimum Gasteiger partial charge on any atom is -0.481 e. The van der Waals surface area contributed by atoms with Crippen molar-refractivity contribution in [3.05, 3.63) is 35.5 Å². The summed E-state index contributed by atoms with van der Waals surface area (Å²) >= 11 is 0. The third-order valence-corrected chi connectivity index (χ3v) is 3.41. The molecule has 1 aromatic carbocycles. The maximum absolute atomic E-state index is 11.3. The molecule has 0 aromatic heterocycles. The Balaban J connectivity index is 2.15. The number of carbonyl (C=O) groups is 2. The Labute approximate surface area is 109 Å². The molecule has 5 nitrogen and oxygen atoms in total. The van der Waals surface area contributed by atoms with E-state index in [4.69, 9.17) is 0 Å². The molecule has 0 amide bonds. The van der Waals surface area contributed by atoms with Crippen LogP contribution in [-0.2, 0) is 4.79 Å². The molecule has 0 spiro atoms. The minimum absolute atomic E-state index is 0.527. The zero-order chi connectivity index (χ0) is 13.4. The lowest BCUT2D eigenvalue weighted by atomic mass is 9.88. The first-order valence-corrected chi connectivity index (χ1v) is 6.08. The third-order valence-electron chi connectivity index (χ3n) is 3.41. The van der Waals surface area contributed by atoms with E-state index in [2.05, 4.69) is 10.3 Å². The molecule has 0 radical (unpaired) electrons. The van der Waals surface area contributed by atoms with Crippen molar-refractivity contribution >= 4 is 29.3 Å². The van der Waals surface area contributed by atoms with E-state index in [0.29, 0.717) is 41.2 Å². The van der Waals surface area contributed by atoms with Crippen molar-refractivity contribution in [3.8, 4) is 0 Å². The highest BCUT2D eigenvalue weighted by Crippen LogP contribution is 2.37. The number of allylic oxidation sites excluding steroid dienone is 2. The van der Waals surface area contributed by atoms with Gasteiger partial charge in [-0.15, -0.1) is 0 Å². The number of hydrogen-bond acceptors (Lipinski definition) is 4. The Bertz CT molecular complexity index is 632. The Morgan fingerprint density at radius 3 is 3.05 bits per heavy atom. The van der Waals surface area contributed by atoms with Gasteiger partial charge in [-0.3, -0.25) is 9.59 Å². The smallest absolute Gasteiger partial charge is 0.312 e. The van der Waals surface area contributed by atoms with Crippen LogP contribution < -0.4 is 5.32 Å². The van der Waals surface area contributed by atoms with E-state index in [1.165, 1.54) is 0 Å². The third kappa shape index (κ3) is 1.83. The van der Waals surface area contributed by atoms with Crippen LogP contribution in [0.15, 0.2) is 35.0 Å². The van der Waals surface area contributed by atoms with Crippen LogP contribution in [-0.4, -0.2) is 23.1 Å². The SMILES string of the molecule is O=Cc1cccc2c1NC1=CCCC(C(=O)O)C1=N2. The molecule has 0 bridgehead atoms. The van der Waals surface area contributed by atoms with E-state index in [0.717, 1.165) is 6.29 Å². The Morgan fingerprint density at radius 2 is 2.32 bits per heavy atom. The lowest BCUT2D eigenvalue weighted by molar-refractivity contribution is -0.139. The number of aldehydes is 1. The lowest BCUT2D eigenvalue weighted by Gasteiger charge is -2.28. The van der Waals surface area contributed by atoms with Crippen molar-refractivity contribution in [1.82, 2.24) is 0 Å². The average molecular weight is 256 g/mol. The molecular weight excluding hydrogens is 244 g/mol. The average Bonchev–Trinajstić information content (AvgIpc) is 2.43. The molecule has 1 aromatic rings. The highest BCUT2D eigenvalue weighted by atomic mass is 16.4. The van der Waals surface area contributed by atoms with Gasteiger partial charge in [0, 0.05) is 5.56 Å². The quantitative estimate of drug-likeness (QED) is 0.796. The van der Waals surface area contributed by atoms with Gasteiger partial charge >= 0.3 is 5.97 Å². The largest absolute Gasteiger partial charge is 0.481 e. The number of hydrogen-bond donors (Lipinski definition) is 2. The molecule has 3 rings (SSSR count). The van der Waals surface area contributed by atoms with Crippen molar-refractivity contribution in [3.63, 3.8) is 0 Å². The number of nitrogens with zero attached hydrogens (tertiary/aromatic N) is 1. The lowest BCUT2D eigenvalue weighted by Crippen LogP contribution is -2.32. The summed E-state index contributed by atoms with van der Waals surface area (Å²) in [7, 11) is 0. The van der Waals surface area contributed by atoms with Crippen LogP contribution >= 0.6 is 0 Å². The Hall–Kier alpha value is -2.43. The van der Waals surface area contributed by atoms with Gasteiger partial charge in [0.15, 0.2) is 6.29 Å². The number of para-hydroxylation sites is 1. The predicted molar refractivity (Wildman–Crippen MR) is 71.0 cm³/mol. The maximum Gasteiger partial charge on any atom is 0.312 e. The number of aliphatic imine (C=N–C) groups is 1. The summed E-state index contributed by atoms with van der Waals surface area (Å²) in [4.78, 5) is 26.7. The highest BCUT2D eigenvalue weighted by molar-refractivity contribution is 6.17. The molecule has 2 N–H and O–H groups in total. The van der Waals surface area contributed by atoms with Crippen molar-refractivity contribution < 1.29 is 14.7 Å². The van der Waals surface area contributed by atoms with Gasteiger partial charge in [-0.25, -0.2) is 4.99 Å². The fourth-order valence-corrected chi connectivity index (χ4v) is 2.47. The first kappa shape index (κ1) is 11.6. The van der Waals surface area contributed by atoms with E-state index in [1.807, 2.05) is 6.08 Å². The zero-order valence-corrected chi connectivity index (χ0v) is 10.1. The van der Waals surface area contributed by atoms with Crippen LogP contribution in [0.2, 0.25) is 0 Å². The maximum atomic E-state index is 11.3. The zero-order valence-electron chi connectivity index (χ0n) is 10.1. The summed E-state index contributed by atoms with van der Waals surface area (Å²) in [6.07, 6.45) is 3.95. The van der Waals surface area contributed by atoms with Gasteiger partial charge in [-0.05, 0) is 25.0 Å².